The van der Waals surface area contributed by atoms with Crippen molar-refractivity contribution in [3.63, 3.8) is 0 Å². The summed E-state index contributed by atoms with van der Waals surface area (Å²) in [6.45, 7) is 0.830. The van der Waals surface area contributed by atoms with Crippen LogP contribution in [-0.4, -0.2) is 32.3 Å². The van der Waals surface area contributed by atoms with Gasteiger partial charge in [-0.05, 0) is 42.7 Å². The second kappa shape index (κ2) is 7.73. The number of amides is 1. The van der Waals surface area contributed by atoms with Crippen molar-refractivity contribution in [2.75, 3.05) is 20.3 Å². The van der Waals surface area contributed by atoms with E-state index in [2.05, 4.69) is 11.4 Å². The van der Waals surface area contributed by atoms with Crippen LogP contribution in [0.3, 0.4) is 0 Å². The lowest BCUT2D eigenvalue weighted by atomic mass is 10.1. The number of carbonyl (C=O) groups is 1. The Morgan fingerprint density at radius 1 is 1.21 bits per heavy atom. The van der Waals surface area contributed by atoms with Crippen molar-refractivity contribution < 1.29 is 19.0 Å². The van der Waals surface area contributed by atoms with Crippen molar-refractivity contribution >= 4 is 5.91 Å². The van der Waals surface area contributed by atoms with Crippen LogP contribution >= 0.6 is 0 Å². The molecule has 5 heteroatoms. The number of para-hydroxylation sites is 2. The Hall–Kier alpha value is -2.69. The van der Waals surface area contributed by atoms with Crippen LogP contribution in [0.5, 0.6) is 17.2 Å². The molecule has 1 aliphatic rings. The molecule has 0 radical (unpaired) electrons. The maximum atomic E-state index is 12.2. The van der Waals surface area contributed by atoms with Gasteiger partial charge in [-0.1, -0.05) is 24.3 Å². The number of fused-ring (bicyclic) bond motifs is 1. The molecule has 0 saturated carbocycles. The molecule has 126 valence electrons. The average molecular weight is 327 g/mol. The second-order valence-electron chi connectivity index (χ2n) is 5.61. The van der Waals surface area contributed by atoms with E-state index in [1.165, 1.54) is 5.56 Å². The SMILES string of the molecule is COc1cccc(CCCNC(=O)[C@H]2COc3ccccc3O2)c1. The second-order valence-corrected chi connectivity index (χ2v) is 5.61. The van der Waals surface area contributed by atoms with E-state index in [1.807, 2.05) is 36.4 Å². The van der Waals surface area contributed by atoms with Crippen molar-refractivity contribution in [3.05, 3.63) is 54.1 Å². The molecule has 1 heterocycles. The summed E-state index contributed by atoms with van der Waals surface area (Å²) in [7, 11) is 1.66. The Morgan fingerprint density at radius 2 is 2.04 bits per heavy atom. The van der Waals surface area contributed by atoms with E-state index in [9.17, 15) is 4.79 Å². The monoisotopic (exact) mass is 327 g/mol. The molecule has 1 amide bonds. The minimum Gasteiger partial charge on any atom is -0.497 e. The van der Waals surface area contributed by atoms with E-state index < -0.39 is 6.10 Å². The summed E-state index contributed by atoms with van der Waals surface area (Å²) < 4.78 is 16.5. The molecule has 5 nitrogen and oxygen atoms in total. The van der Waals surface area contributed by atoms with E-state index in [4.69, 9.17) is 14.2 Å². The third-order valence-electron chi connectivity index (χ3n) is 3.88. The summed E-state index contributed by atoms with van der Waals surface area (Å²) in [5, 5.41) is 2.91. The van der Waals surface area contributed by atoms with Crippen LogP contribution in [0.2, 0.25) is 0 Å². The topological polar surface area (TPSA) is 56.8 Å². The fraction of sp³-hybridized carbons (Fsp3) is 0.316. The molecular formula is C19H21NO4. The molecule has 1 atom stereocenters. The lowest BCUT2D eigenvalue weighted by molar-refractivity contribution is -0.130. The zero-order valence-electron chi connectivity index (χ0n) is 13.7. The fourth-order valence-electron chi connectivity index (χ4n) is 2.59. The highest BCUT2D eigenvalue weighted by atomic mass is 16.6. The molecule has 0 aromatic heterocycles. The summed E-state index contributed by atoms with van der Waals surface area (Å²) in [6, 6.07) is 15.3. The third-order valence-corrected chi connectivity index (χ3v) is 3.88. The number of aryl methyl sites for hydroxylation is 1. The predicted molar refractivity (Wildman–Crippen MR) is 90.7 cm³/mol. The maximum Gasteiger partial charge on any atom is 0.264 e. The lowest BCUT2D eigenvalue weighted by Gasteiger charge is -2.25. The summed E-state index contributed by atoms with van der Waals surface area (Å²) in [4.78, 5) is 12.2. The molecule has 0 spiro atoms. The van der Waals surface area contributed by atoms with Crippen LogP contribution < -0.4 is 19.5 Å². The van der Waals surface area contributed by atoms with Gasteiger partial charge in [0.25, 0.3) is 5.91 Å². The van der Waals surface area contributed by atoms with Crippen LogP contribution in [0.15, 0.2) is 48.5 Å². The highest BCUT2D eigenvalue weighted by Gasteiger charge is 2.26. The molecule has 24 heavy (non-hydrogen) atoms. The Labute approximate surface area is 141 Å². The molecule has 0 saturated heterocycles. The van der Waals surface area contributed by atoms with E-state index in [-0.39, 0.29) is 12.5 Å². The van der Waals surface area contributed by atoms with E-state index in [0.29, 0.717) is 18.0 Å². The van der Waals surface area contributed by atoms with Gasteiger partial charge in [0.2, 0.25) is 6.10 Å². The van der Waals surface area contributed by atoms with Gasteiger partial charge in [0.15, 0.2) is 11.5 Å². The molecule has 1 N–H and O–H groups in total. The number of methoxy groups -OCH3 is 1. The van der Waals surface area contributed by atoms with Crippen molar-refractivity contribution in [2.45, 2.75) is 18.9 Å². The zero-order chi connectivity index (χ0) is 16.8. The quantitative estimate of drug-likeness (QED) is 0.829. The summed E-state index contributed by atoms with van der Waals surface area (Å²) in [5.74, 6) is 2.00. The van der Waals surface area contributed by atoms with E-state index in [0.717, 1.165) is 18.6 Å². The fourth-order valence-corrected chi connectivity index (χ4v) is 2.59. The first-order chi connectivity index (χ1) is 11.8. The first-order valence-electron chi connectivity index (χ1n) is 8.05. The smallest absolute Gasteiger partial charge is 0.264 e. The molecule has 0 aliphatic carbocycles. The maximum absolute atomic E-state index is 12.2. The van der Waals surface area contributed by atoms with Crippen molar-refractivity contribution in [1.82, 2.24) is 5.32 Å². The molecule has 3 rings (SSSR count). The van der Waals surface area contributed by atoms with Gasteiger partial charge in [0, 0.05) is 6.54 Å². The van der Waals surface area contributed by atoms with Gasteiger partial charge >= 0.3 is 0 Å². The molecule has 2 aromatic carbocycles. The van der Waals surface area contributed by atoms with Gasteiger partial charge in [0.1, 0.15) is 12.4 Å². The largest absolute Gasteiger partial charge is 0.497 e. The first-order valence-corrected chi connectivity index (χ1v) is 8.05. The first kappa shape index (κ1) is 16.2. The van der Waals surface area contributed by atoms with Crippen molar-refractivity contribution in [1.29, 1.82) is 0 Å². The van der Waals surface area contributed by atoms with E-state index in [1.54, 1.807) is 13.2 Å². The van der Waals surface area contributed by atoms with Crippen LogP contribution in [-0.2, 0) is 11.2 Å². The number of ether oxygens (including phenoxy) is 3. The standard InChI is InChI=1S/C19H21NO4/c1-22-15-8-4-6-14(12-15)7-5-11-20-19(21)18-13-23-16-9-2-3-10-17(16)24-18/h2-4,6,8-10,12,18H,5,7,11,13H2,1H3,(H,20,21)/t18-/m1/s1. The Bertz CT molecular complexity index is 701. The Balaban J connectivity index is 1.43. The van der Waals surface area contributed by atoms with Crippen LogP contribution in [0.1, 0.15) is 12.0 Å². The number of benzene rings is 2. The molecule has 1 aliphatic heterocycles. The van der Waals surface area contributed by atoms with Gasteiger partial charge in [0.05, 0.1) is 7.11 Å². The van der Waals surface area contributed by atoms with Gasteiger partial charge in [-0.2, -0.15) is 0 Å². The van der Waals surface area contributed by atoms with Crippen LogP contribution in [0.4, 0.5) is 0 Å². The Morgan fingerprint density at radius 3 is 2.88 bits per heavy atom. The van der Waals surface area contributed by atoms with Crippen LogP contribution in [0, 0.1) is 0 Å². The summed E-state index contributed by atoms with van der Waals surface area (Å²) >= 11 is 0. The zero-order valence-corrected chi connectivity index (χ0v) is 13.7. The number of rotatable bonds is 6. The molecular weight excluding hydrogens is 306 g/mol. The van der Waals surface area contributed by atoms with Crippen LogP contribution in [0.25, 0.3) is 0 Å². The van der Waals surface area contributed by atoms with Gasteiger partial charge in [-0.3, -0.25) is 4.79 Å². The molecule has 2 aromatic rings. The predicted octanol–water partition coefficient (Wildman–Crippen LogP) is 2.58. The van der Waals surface area contributed by atoms with Gasteiger partial charge in [-0.25, -0.2) is 0 Å². The van der Waals surface area contributed by atoms with Gasteiger partial charge in [-0.15, -0.1) is 0 Å². The Kier molecular flexibility index (Phi) is 5.21. The number of carbonyl (C=O) groups excluding carboxylic acids is 1. The van der Waals surface area contributed by atoms with Gasteiger partial charge < -0.3 is 19.5 Å². The van der Waals surface area contributed by atoms with E-state index >= 15 is 0 Å². The van der Waals surface area contributed by atoms with Crippen molar-refractivity contribution in [2.24, 2.45) is 0 Å². The van der Waals surface area contributed by atoms with Crippen molar-refractivity contribution in [3.8, 4) is 17.2 Å². The third kappa shape index (κ3) is 3.98. The summed E-state index contributed by atoms with van der Waals surface area (Å²) in [6.07, 6.45) is 1.13. The average Bonchev–Trinajstić information content (AvgIpc) is 2.64. The minimum absolute atomic E-state index is 0.143. The minimum atomic E-state index is -0.600. The highest BCUT2D eigenvalue weighted by molar-refractivity contribution is 5.81. The molecule has 0 bridgehead atoms. The number of hydrogen-bond acceptors (Lipinski definition) is 4. The lowest BCUT2D eigenvalue weighted by Crippen LogP contribution is -2.44. The number of hydrogen-bond donors (Lipinski definition) is 1. The summed E-state index contributed by atoms with van der Waals surface area (Å²) in [5.41, 5.74) is 1.19. The molecule has 0 unspecified atom stereocenters. The normalized spacial score (nSPS) is 15.6. The highest BCUT2D eigenvalue weighted by Crippen LogP contribution is 2.30. The molecule has 0 fully saturated rings. The number of nitrogens with one attached hydrogen (secondary N) is 1.